The minimum absolute atomic E-state index is 0.0797. The van der Waals surface area contributed by atoms with Crippen molar-refractivity contribution in [3.05, 3.63) is 52.0 Å². The first-order valence-electron chi connectivity index (χ1n) is 8.13. The van der Waals surface area contributed by atoms with Gasteiger partial charge in [-0.15, -0.1) is 11.8 Å². The van der Waals surface area contributed by atoms with Crippen LogP contribution in [0.5, 0.6) is 0 Å². The molecule has 0 bridgehead atoms. The molecule has 0 N–H and O–H groups in total. The van der Waals surface area contributed by atoms with Gasteiger partial charge >= 0.3 is 11.9 Å². The molecule has 0 aliphatic heterocycles. The predicted octanol–water partition coefficient (Wildman–Crippen LogP) is 4.93. The van der Waals surface area contributed by atoms with Crippen LogP contribution in [0.2, 0.25) is 5.02 Å². The first-order chi connectivity index (χ1) is 12.4. The molecule has 138 valence electrons. The second kappa shape index (κ2) is 9.10. The van der Waals surface area contributed by atoms with Crippen LogP contribution in [0.3, 0.4) is 0 Å². The van der Waals surface area contributed by atoms with Gasteiger partial charge in [0.2, 0.25) is 0 Å². The van der Waals surface area contributed by atoms with Crippen molar-refractivity contribution < 1.29 is 19.1 Å². The third-order valence-electron chi connectivity index (χ3n) is 4.07. The average Bonchev–Trinajstić information content (AvgIpc) is 2.63. The number of benzene rings is 2. The van der Waals surface area contributed by atoms with Gasteiger partial charge in [0.1, 0.15) is 0 Å². The Morgan fingerprint density at radius 3 is 2.38 bits per heavy atom. The second-order valence-electron chi connectivity index (χ2n) is 5.59. The van der Waals surface area contributed by atoms with Crippen LogP contribution < -0.4 is 0 Å². The summed E-state index contributed by atoms with van der Waals surface area (Å²) in [5.74, 6) is -0.752. The van der Waals surface area contributed by atoms with Gasteiger partial charge in [-0.2, -0.15) is 0 Å². The minimum atomic E-state index is -0.417. The molecule has 6 heteroatoms. The van der Waals surface area contributed by atoms with Crippen LogP contribution in [0.15, 0.2) is 35.2 Å². The zero-order chi connectivity index (χ0) is 19.3. The second-order valence-corrected chi connectivity index (χ2v) is 6.87. The fourth-order valence-corrected chi connectivity index (χ4v) is 3.62. The molecular weight excluding hydrogens is 372 g/mol. The fourth-order valence-electron chi connectivity index (χ4n) is 2.82. The Morgan fingerprint density at radius 2 is 1.85 bits per heavy atom. The first-order valence-corrected chi connectivity index (χ1v) is 9.73. The number of methoxy groups -OCH3 is 1. The highest BCUT2D eigenvalue weighted by Gasteiger charge is 2.23. The average molecular weight is 393 g/mol. The van der Waals surface area contributed by atoms with Crippen molar-refractivity contribution in [2.24, 2.45) is 0 Å². The molecule has 0 aromatic heterocycles. The van der Waals surface area contributed by atoms with Crippen LogP contribution in [0.4, 0.5) is 0 Å². The lowest BCUT2D eigenvalue weighted by molar-refractivity contribution is -0.142. The molecule has 0 aliphatic rings. The Kier molecular flexibility index (Phi) is 7.12. The number of thioether (sulfide) groups is 1. The Morgan fingerprint density at radius 1 is 1.19 bits per heavy atom. The van der Waals surface area contributed by atoms with Crippen LogP contribution in [0.25, 0.3) is 11.1 Å². The van der Waals surface area contributed by atoms with Gasteiger partial charge in [-0.1, -0.05) is 23.7 Å². The monoisotopic (exact) mass is 392 g/mol. The van der Waals surface area contributed by atoms with Gasteiger partial charge in [-0.05, 0) is 60.6 Å². The van der Waals surface area contributed by atoms with E-state index in [0.29, 0.717) is 17.2 Å². The van der Waals surface area contributed by atoms with Crippen LogP contribution in [-0.4, -0.2) is 31.9 Å². The number of carbonyl (C=O) groups excluding carboxylic acids is 2. The van der Waals surface area contributed by atoms with Crippen molar-refractivity contribution in [3.63, 3.8) is 0 Å². The van der Waals surface area contributed by atoms with Crippen LogP contribution in [0.1, 0.15) is 28.4 Å². The predicted molar refractivity (Wildman–Crippen MR) is 105 cm³/mol. The van der Waals surface area contributed by atoms with E-state index in [-0.39, 0.29) is 12.4 Å². The quantitative estimate of drug-likeness (QED) is 0.515. The first kappa shape index (κ1) is 20.3. The highest BCUT2D eigenvalue weighted by Crippen LogP contribution is 2.36. The molecule has 0 unspecified atom stereocenters. The fraction of sp³-hybridized carbons (Fsp3) is 0.300. The molecule has 4 nitrogen and oxygen atoms in total. The number of halogens is 1. The molecule has 2 aromatic carbocycles. The summed E-state index contributed by atoms with van der Waals surface area (Å²) in [6.07, 6.45) is 1.98. The highest BCUT2D eigenvalue weighted by molar-refractivity contribution is 7.98. The van der Waals surface area contributed by atoms with E-state index in [1.807, 2.05) is 31.4 Å². The SMILES string of the molecule is CCOC(=O)Cc1c(-c2ccc(Cl)cc2)cc(SC)c(C(=O)OC)c1C. The lowest BCUT2D eigenvalue weighted by Crippen LogP contribution is -2.14. The van der Waals surface area contributed by atoms with Gasteiger partial charge in [0, 0.05) is 9.92 Å². The summed E-state index contributed by atoms with van der Waals surface area (Å²) in [5, 5.41) is 0.633. The van der Waals surface area contributed by atoms with Gasteiger partial charge in [-0.25, -0.2) is 4.79 Å². The largest absolute Gasteiger partial charge is 0.466 e. The third kappa shape index (κ3) is 4.40. The number of esters is 2. The van der Waals surface area contributed by atoms with E-state index in [4.69, 9.17) is 21.1 Å². The van der Waals surface area contributed by atoms with Crippen molar-refractivity contribution in [2.75, 3.05) is 20.0 Å². The van der Waals surface area contributed by atoms with Crippen molar-refractivity contribution in [3.8, 4) is 11.1 Å². The Hall–Kier alpha value is -1.98. The normalized spacial score (nSPS) is 10.5. The summed E-state index contributed by atoms with van der Waals surface area (Å²) in [4.78, 5) is 25.2. The summed E-state index contributed by atoms with van der Waals surface area (Å²) >= 11 is 7.46. The molecule has 26 heavy (non-hydrogen) atoms. The molecule has 0 atom stereocenters. The number of rotatable bonds is 6. The summed E-state index contributed by atoms with van der Waals surface area (Å²) in [5.41, 5.74) is 3.76. The topological polar surface area (TPSA) is 52.6 Å². The molecule has 0 fully saturated rings. The van der Waals surface area contributed by atoms with E-state index in [1.165, 1.54) is 18.9 Å². The number of carbonyl (C=O) groups is 2. The number of ether oxygens (including phenoxy) is 2. The highest BCUT2D eigenvalue weighted by atomic mass is 35.5. The minimum Gasteiger partial charge on any atom is -0.466 e. The van der Waals surface area contributed by atoms with Gasteiger partial charge in [0.15, 0.2) is 0 Å². The van der Waals surface area contributed by atoms with E-state index >= 15 is 0 Å². The number of hydrogen-bond acceptors (Lipinski definition) is 5. The summed E-state index contributed by atoms with van der Waals surface area (Å²) < 4.78 is 10.1. The number of hydrogen-bond donors (Lipinski definition) is 0. The lowest BCUT2D eigenvalue weighted by Gasteiger charge is -2.18. The molecule has 0 radical (unpaired) electrons. The van der Waals surface area contributed by atoms with Gasteiger partial charge in [0.05, 0.1) is 25.7 Å². The zero-order valence-corrected chi connectivity index (χ0v) is 16.8. The van der Waals surface area contributed by atoms with Crippen molar-refractivity contribution >= 4 is 35.3 Å². The molecule has 0 amide bonds. The maximum Gasteiger partial charge on any atom is 0.339 e. The summed E-state index contributed by atoms with van der Waals surface area (Å²) in [7, 11) is 1.35. The Balaban J connectivity index is 2.71. The molecule has 0 spiro atoms. The Labute approximate surface area is 162 Å². The molecule has 0 aliphatic carbocycles. The molecule has 0 saturated carbocycles. The standard InChI is InChI=1S/C20H21ClO4S/c1-5-25-18(22)11-15-12(2)19(20(23)24-3)17(26-4)10-16(15)13-6-8-14(21)9-7-13/h6-10H,5,11H2,1-4H3. The summed E-state index contributed by atoms with van der Waals surface area (Å²) in [6, 6.07) is 9.31. The van der Waals surface area contributed by atoms with Crippen LogP contribution in [0, 0.1) is 6.92 Å². The summed E-state index contributed by atoms with van der Waals surface area (Å²) in [6.45, 7) is 3.91. The Bertz CT molecular complexity index is 816. The molecule has 2 rings (SSSR count). The van der Waals surface area contributed by atoms with Gasteiger partial charge in [0.25, 0.3) is 0 Å². The maximum atomic E-state index is 12.3. The van der Waals surface area contributed by atoms with E-state index in [2.05, 4.69) is 0 Å². The maximum absolute atomic E-state index is 12.3. The van der Waals surface area contributed by atoms with E-state index in [0.717, 1.165) is 27.1 Å². The van der Waals surface area contributed by atoms with E-state index < -0.39 is 5.97 Å². The molecule has 2 aromatic rings. The van der Waals surface area contributed by atoms with E-state index in [9.17, 15) is 9.59 Å². The van der Waals surface area contributed by atoms with E-state index in [1.54, 1.807) is 19.1 Å². The van der Waals surface area contributed by atoms with Crippen molar-refractivity contribution in [2.45, 2.75) is 25.2 Å². The lowest BCUT2D eigenvalue weighted by atomic mass is 9.90. The smallest absolute Gasteiger partial charge is 0.339 e. The zero-order valence-electron chi connectivity index (χ0n) is 15.2. The van der Waals surface area contributed by atoms with Crippen molar-refractivity contribution in [1.29, 1.82) is 0 Å². The molecular formula is C20H21ClO4S. The molecule has 0 heterocycles. The van der Waals surface area contributed by atoms with Gasteiger partial charge in [-0.3, -0.25) is 4.79 Å². The van der Waals surface area contributed by atoms with Crippen LogP contribution >= 0.6 is 23.4 Å². The van der Waals surface area contributed by atoms with Crippen molar-refractivity contribution in [1.82, 2.24) is 0 Å². The third-order valence-corrected chi connectivity index (χ3v) is 5.08. The van der Waals surface area contributed by atoms with Gasteiger partial charge < -0.3 is 9.47 Å². The molecule has 0 saturated heterocycles. The van der Waals surface area contributed by atoms with Crippen LogP contribution in [-0.2, 0) is 20.7 Å².